The summed E-state index contributed by atoms with van der Waals surface area (Å²) in [6.45, 7) is 9.94. The number of aliphatic hydroxyl groups excluding tert-OH is 1. The molecule has 0 unspecified atom stereocenters. The predicted molar refractivity (Wildman–Crippen MR) is 88.3 cm³/mol. The highest BCUT2D eigenvalue weighted by atomic mass is 16.7. The average Bonchev–Trinajstić information content (AvgIpc) is 2.45. The second kappa shape index (κ2) is 6.59. The van der Waals surface area contributed by atoms with Crippen molar-refractivity contribution >= 4 is 5.91 Å². The number of aliphatic hydroxyl groups is 1. The third-order valence-electron chi connectivity index (χ3n) is 4.28. The van der Waals surface area contributed by atoms with Crippen LogP contribution in [0.5, 0.6) is 0 Å². The molecule has 1 heterocycles. The molecular weight excluding hydrogens is 294 g/mol. The molecule has 0 aliphatic carbocycles. The van der Waals surface area contributed by atoms with Gasteiger partial charge in [0.1, 0.15) is 5.54 Å². The SMILES string of the molecule is Cc1cc(C)c(CC(=O)NC2(CO)COC(C)(C)OC2)c(C)c1. The quantitative estimate of drug-likeness (QED) is 0.887. The number of amides is 1. The van der Waals surface area contributed by atoms with Crippen LogP contribution in [-0.2, 0) is 20.7 Å². The van der Waals surface area contributed by atoms with Crippen LogP contribution in [0.25, 0.3) is 0 Å². The van der Waals surface area contributed by atoms with Gasteiger partial charge in [0.15, 0.2) is 5.79 Å². The Labute approximate surface area is 138 Å². The van der Waals surface area contributed by atoms with Gasteiger partial charge in [0.05, 0.1) is 26.2 Å². The zero-order valence-corrected chi connectivity index (χ0v) is 14.7. The number of aryl methyl sites for hydroxylation is 3. The van der Waals surface area contributed by atoms with Crippen molar-refractivity contribution in [3.63, 3.8) is 0 Å². The van der Waals surface area contributed by atoms with Gasteiger partial charge in [0.25, 0.3) is 0 Å². The van der Waals surface area contributed by atoms with Crippen LogP contribution in [0.3, 0.4) is 0 Å². The summed E-state index contributed by atoms with van der Waals surface area (Å²) in [7, 11) is 0. The van der Waals surface area contributed by atoms with Gasteiger partial charge < -0.3 is 19.9 Å². The van der Waals surface area contributed by atoms with Crippen molar-refractivity contribution < 1.29 is 19.4 Å². The van der Waals surface area contributed by atoms with Gasteiger partial charge in [0, 0.05) is 0 Å². The molecule has 2 rings (SSSR count). The Kier molecular flexibility index (Phi) is 5.14. The third-order valence-corrected chi connectivity index (χ3v) is 4.28. The van der Waals surface area contributed by atoms with Gasteiger partial charge in [-0.3, -0.25) is 4.79 Å². The molecule has 1 saturated heterocycles. The van der Waals surface area contributed by atoms with Crippen LogP contribution in [0, 0.1) is 20.8 Å². The van der Waals surface area contributed by atoms with Crippen LogP contribution in [-0.4, -0.2) is 42.2 Å². The fourth-order valence-electron chi connectivity index (χ4n) is 2.90. The number of hydrogen-bond acceptors (Lipinski definition) is 4. The summed E-state index contributed by atoms with van der Waals surface area (Å²) in [5.74, 6) is -0.825. The molecule has 1 aromatic carbocycles. The van der Waals surface area contributed by atoms with Crippen molar-refractivity contribution in [1.82, 2.24) is 5.32 Å². The normalized spacial score (nSPS) is 19.4. The van der Waals surface area contributed by atoms with E-state index in [-0.39, 0.29) is 32.1 Å². The molecular formula is C18H27NO4. The van der Waals surface area contributed by atoms with Crippen LogP contribution < -0.4 is 5.32 Å². The molecule has 23 heavy (non-hydrogen) atoms. The first kappa shape index (κ1) is 17.9. The molecule has 0 radical (unpaired) electrons. The Balaban J connectivity index is 2.07. The summed E-state index contributed by atoms with van der Waals surface area (Å²) in [6, 6.07) is 4.15. The van der Waals surface area contributed by atoms with Crippen molar-refractivity contribution in [2.45, 2.75) is 52.4 Å². The highest BCUT2D eigenvalue weighted by Gasteiger charge is 2.40. The van der Waals surface area contributed by atoms with E-state index in [1.54, 1.807) is 0 Å². The summed E-state index contributed by atoms with van der Waals surface area (Å²) < 4.78 is 11.2. The molecule has 2 N–H and O–H groups in total. The van der Waals surface area contributed by atoms with E-state index in [9.17, 15) is 9.90 Å². The van der Waals surface area contributed by atoms with Gasteiger partial charge >= 0.3 is 0 Å². The van der Waals surface area contributed by atoms with Crippen molar-refractivity contribution in [3.05, 3.63) is 34.4 Å². The van der Waals surface area contributed by atoms with E-state index in [0.29, 0.717) is 0 Å². The smallest absolute Gasteiger partial charge is 0.225 e. The first-order valence-electron chi connectivity index (χ1n) is 7.93. The number of carbonyl (C=O) groups excluding carboxylic acids is 1. The van der Waals surface area contributed by atoms with Crippen molar-refractivity contribution in [1.29, 1.82) is 0 Å². The molecule has 1 aromatic rings. The summed E-state index contributed by atoms with van der Waals surface area (Å²) in [6.07, 6.45) is 0.281. The molecule has 0 atom stereocenters. The Morgan fingerprint density at radius 1 is 1.17 bits per heavy atom. The zero-order valence-electron chi connectivity index (χ0n) is 14.7. The minimum atomic E-state index is -0.876. The average molecular weight is 321 g/mol. The maximum absolute atomic E-state index is 12.5. The lowest BCUT2D eigenvalue weighted by atomic mass is 9.96. The zero-order chi connectivity index (χ0) is 17.3. The summed E-state index contributed by atoms with van der Waals surface area (Å²) in [5.41, 5.74) is 3.55. The van der Waals surface area contributed by atoms with Crippen LogP contribution >= 0.6 is 0 Å². The monoisotopic (exact) mass is 321 g/mol. The third kappa shape index (κ3) is 4.31. The lowest BCUT2D eigenvalue weighted by Crippen LogP contribution is -2.63. The van der Waals surface area contributed by atoms with E-state index in [4.69, 9.17) is 9.47 Å². The first-order chi connectivity index (χ1) is 10.7. The number of ether oxygens (including phenoxy) is 2. The minimum absolute atomic E-state index is 0.138. The number of hydrogen-bond donors (Lipinski definition) is 2. The van der Waals surface area contributed by atoms with Crippen LogP contribution in [0.1, 0.15) is 36.1 Å². The van der Waals surface area contributed by atoms with Crippen LogP contribution in [0.4, 0.5) is 0 Å². The molecule has 128 valence electrons. The van der Waals surface area contributed by atoms with Gasteiger partial charge in [-0.2, -0.15) is 0 Å². The van der Waals surface area contributed by atoms with E-state index in [0.717, 1.165) is 16.7 Å². The van der Waals surface area contributed by atoms with E-state index in [1.165, 1.54) is 5.56 Å². The van der Waals surface area contributed by atoms with E-state index in [2.05, 4.69) is 17.4 Å². The molecule has 1 aliphatic heterocycles. The maximum Gasteiger partial charge on any atom is 0.225 e. The number of carbonyl (C=O) groups is 1. The fraction of sp³-hybridized carbons (Fsp3) is 0.611. The Hall–Kier alpha value is -1.43. The summed E-state index contributed by atoms with van der Waals surface area (Å²) >= 11 is 0. The standard InChI is InChI=1S/C18H27NO4/c1-12-6-13(2)15(14(3)7-12)8-16(21)19-18(9-20)10-22-17(4,5)23-11-18/h6-7,20H,8-11H2,1-5H3,(H,19,21). The molecule has 0 saturated carbocycles. The molecule has 5 heteroatoms. The Morgan fingerprint density at radius 3 is 2.17 bits per heavy atom. The van der Waals surface area contributed by atoms with Gasteiger partial charge in [-0.25, -0.2) is 0 Å². The largest absolute Gasteiger partial charge is 0.394 e. The Morgan fingerprint density at radius 2 is 1.70 bits per heavy atom. The lowest BCUT2D eigenvalue weighted by molar-refractivity contribution is -0.274. The minimum Gasteiger partial charge on any atom is -0.394 e. The molecule has 1 fully saturated rings. The maximum atomic E-state index is 12.5. The second-order valence-electron chi connectivity index (χ2n) is 7.02. The summed E-state index contributed by atoms with van der Waals surface area (Å²) in [4.78, 5) is 12.5. The highest BCUT2D eigenvalue weighted by molar-refractivity contribution is 5.80. The molecule has 0 spiro atoms. The topological polar surface area (TPSA) is 67.8 Å². The van der Waals surface area contributed by atoms with Gasteiger partial charge in [0.2, 0.25) is 5.91 Å². The molecule has 1 aliphatic rings. The fourth-order valence-corrected chi connectivity index (χ4v) is 2.90. The summed E-state index contributed by atoms with van der Waals surface area (Å²) in [5, 5.41) is 12.6. The predicted octanol–water partition coefficient (Wildman–Crippen LogP) is 1.78. The van der Waals surface area contributed by atoms with Crippen LogP contribution in [0.2, 0.25) is 0 Å². The number of rotatable bonds is 4. The van der Waals surface area contributed by atoms with Crippen LogP contribution in [0.15, 0.2) is 12.1 Å². The second-order valence-corrected chi connectivity index (χ2v) is 7.02. The van der Waals surface area contributed by atoms with E-state index >= 15 is 0 Å². The molecule has 1 amide bonds. The number of nitrogens with one attached hydrogen (secondary N) is 1. The first-order valence-corrected chi connectivity index (χ1v) is 7.93. The van der Waals surface area contributed by atoms with E-state index < -0.39 is 11.3 Å². The van der Waals surface area contributed by atoms with Crippen molar-refractivity contribution in [3.8, 4) is 0 Å². The molecule has 0 bridgehead atoms. The van der Waals surface area contributed by atoms with Gasteiger partial charge in [-0.1, -0.05) is 17.7 Å². The lowest BCUT2D eigenvalue weighted by Gasteiger charge is -2.42. The van der Waals surface area contributed by atoms with Crippen molar-refractivity contribution in [2.24, 2.45) is 0 Å². The molecule has 5 nitrogen and oxygen atoms in total. The molecule has 0 aromatic heterocycles. The highest BCUT2D eigenvalue weighted by Crippen LogP contribution is 2.24. The van der Waals surface area contributed by atoms with Gasteiger partial charge in [-0.15, -0.1) is 0 Å². The van der Waals surface area contributed by atoms with E-state index in [1.807, 2.05) is 34.6 Å². The Bertz CT molecular complexity index is 562. The van der Waals surface area contributed by atoms with Gasteiger partial charge in [-0.05, 0) is 51.3 Å². The number of benzene rings is 1. The van der Waals surface area contributed by atoms with Crippen molar-refractivity contribution in [2.75, 3.05) is 19.8 Å².